The summed E-state index contributed by atoms with van der Waals surface area (Å²) >= 11 is 5.92. The quantitative estimate of drug-likeness (QED) is 0.811. The van der Waals surface area contributed by atoms with Crippen LogP contribution in [0.4, 0.5) is 11.4 Å². The monoisotopic (exact) mass is 291 g/mol. The van der Waals surface area contributed by atoms with E-state index in [4.69, 9.17) is 22.1 Å². The van der Waals surface area contributed by atoms with Crippen molar-refractivity contribution < 1.29 is 13.2 Å². The minimum Gasteiger partial charge on any atom is -0.399 e. The lowest BCUT2D eigenvalue weighted by Gasteiger charge is -2.26. The third-order valence-corrected chi connectivity index (χ3v) is 4.39. The molecule has 1 aliphatic heterocycles. The molecule has 1 saturated heterocycles. The molecule has 0 spiro atoms. The second-order valence-electron chi connectivity index (χ2n) is 3.86. The van der Waals surface area contributed by atoms with Gasteiger partial charge >= 0.3 is 10.2 Å². The summed E-state index contributed by atoms with van der Waals surface area (Å²) in [6, 6.07) is 4.64. The molecule has 0 saturated carbocycles. The number of nitrogens with zero attached hydrogens (tertiary/aromatic N) is 1. The van der Waals surface area contributed by atoms with Gasteiger partial charge < -0.3 is 10.5 Å². The molecule has 1 aliphatic rings. The summed E-state index contributed by atoms with van der Waals surface area (Å²) in [4.78, 5) is 0. The van der Waals surface area contributed by atoms with Crippen LogP contribution in [0, 0.1) is 0 Å². The van der Waals surface area contributed by atoms with E-state index in [2.05, 4.69) is 4.72 Å². The predicted octanol–water partition coefficient (Wildman–Crippen LogP) is 0.911. The van der Waals surface area contributed by atoms with Gasteiger partial charge in [-0.05, 0) is 18.2 Å². The number of nitrogen functional groups attached to an aromatic ring is 1. The first-order valence-electron chi connectivity index (χ1n) is 5.40. The average molecular weight is 292 g/mol. The molecule has 3 N–H and O–H groups in total. The Morgan fingerprint density at radius 1 is 1.33 bits per heavy atom. The number of ether oxygens (including phenoxy) is 1. The van der Waals surface area contributed by atoms with E-state index in [-0.39, 0.29) is 5.69 Å². The maximum absolute atomic E-state index is 12.1. The Morgan fingerprint density at radius 3 is 2.67 bits per heavy atom. The van der Waals surface area contributed by atoms with Crippen molar-refractivity contribution in [2.45, 2.75) is 0 Å². The summed E-state index contributed by atoms with van der Waals surface area (Å²) < 4.78 is 33.0. The SMILES string of the molecule is Nc1ccc(Cl)c(NS(=O)(=O)N2CCOCC2)c1. The first-order chi connectivity index (χ1) is 8.49. The van der Waals surface area contributed by atoms with E-state index in [1.807, 2.05) is 0 Å². The highest BCUT2D eigenvalue weighted by Gasteiger charge is 2.24. The van der Waals surface area contributed by atoms with E-state index in [1.165, 1.54) is 10.4 Å². The summed E-state index contributed by atoms with van der Waals surface area (Å²) in [5.74, 6) is 0. The van der Waals surface area contributed by atoms with E-state index in [0.717, 1.165) is 0 Å². The van der Waals surface area contributed by atoms with Crippen LogP contribution in [-0.2, 0) is 14.9 Å². The van der Waals surface area contributed by atoms with Crippen molar-refractivity contribution in [3.8, 4) is 0 Å². The van der Waals surface area contributed by atoms with Crippen LogP contribution in [0.3, 0.4) is 0 Å². The van der Waals surface area contributed by atoms with Crippen LogP contribution >= 0.6 is 11.6 Å². The molecular weight excluding hydrogens is 278 g/mol. The molecule has 0 aromatic heterocycles. The molecule has 1 fully saturated rings. The van der Waals surface area contributed by atoms with Crippen molar-refractivity contribution in [3.63, 3.8) is 0 Å². The van der Waals surface area contributed by atoms with Crippen molar-refractivity contribution >= 4 is 33.2 Å². The highest BCUT2D eigenvalue weighted by atomic mass is 35.5. The van der Waals surface area contributed by atoms with E-state index < -0.39 is 10.2 Å². The van der Waals surface area contributed by atoms with Crippen molar-refractivity contribution in [2.24, 2.45) is 0 Å². The van der Waals surface area contributed by atoms with Gasteiger partial charge in [-0.1, -0.05) is 11.6 Å². The number of morpholine rings is 1. The zero-order valence-corrected chi connectivity index (χ0v) is 11.2. The summed E-state index contributed by atoms with van der Waals surface area (Å²) in [5, 5.41) is 0.307. The van der Waals surface area contributed by atoms with Gasteiger partial charge in [0.1, 0.15) is 0 Å². The number of anilines is 2. The van der Waals surface area contributed by atoms with Gasteiger partial charge in [0.25, 0.3) is 0 Å². The molecule has 8 heteroatoms. The zero-order valence-electron chi connectivity index (χ0n) is 9.60. The van der Waals surface area contributed by atoms with Crippen LogP contribution in [0.1, 0.15) is 0 Å². The zero-order chi connectivity index (χ0) is 13.2. The van der Waals surface area contributed by atoms with Gasteiger partial charge in [-0.2, -0.15) is 12.7 Å². The smallest absolute Gasteiger partial charge is 0.301 e. The van der Waals surface area contributed by atoms with Gasteiger partial charge in [-0.15, -0.1) is 0 Å². The van der Waals surface area contributed by atoms with Crippen LogP contribution in [0.5, 0.6) is 0 Å². The number of hydrogen-bond acceptors (Lipinski definition) is 4. The third-order valence-electron chi connectivity index (χ3n) is 2.54. The van der Waals surface area contributed by atoms with Crippen molar-refractivity contribution in [2.75, 3.05) is 36.8 Å². The highest BCUT2D eigenvalue weighted by molar-refractivity contribution is 7.90. The molecular formula is C10H14ClN3O3S. The minimum atomic E-state index is -3.61. The maximum atomic E-state index is 12.1. The fourth-order valence-corrected chi connectivity index (χ4v) is 3.04. The number of nitrogens with two attached hydrogens (primary N) is 1. The fourth-order valence-electron chi connectivity index (χ4n) is 1.61. The molecule has 2 rings (SSSR count). The number of nitrogens with one attached hydrogen (secondary N) is 1. The molecule has 0 bridgehead atoms. The van der Waals surface area contributed by atoms with Gasteiger partial charge in [0.15, 0.2) is 0 Å². The van der Waals surface area contributed by atoms with Crippen LogP contribution < -0.4 is 10.5 Å². The Kier molecular flexibility index (Phi) is 3.96. The maximum Gasteiger partial charge on any atom is 0.301 e. The second kappa shape index (κ2) is 5.31. The van der Waals surface area contributed by atoms with E-state index in [9.17, 15) is 8.42 Å². The van der Waals surface area contributed by atoms with Crippen LogP contribution in [0.2, 0.25) is 5.02 Å². The standard InChI is InChI=1S/C10H14ClN3O3S/c11-9-2-1-8(12)7-10(9)13-18(15,16)14-3-5-17-6-4-14/h1-2,7,13H,3-6,12H2. The highest BCUT2D eigenvalue weighted by Crippen LogP contribution is 2.25. The van der Waals surface area contributed by atoms with E-state index in [1.54, 1.807) is 12.1 Å². The van der Waals surface area contributed by atoms with Gasteiger partial charge in [0, 0.05) is 18.8 Å². The lowest BCUT2D eigenvalue weighted by Crippen LogP contribution is -2.43. The Balaban J connectivity index is 2.18. The molecule has 0 unspecified atom stereocenters. The van der Waals surface area contributed by atoms with E-state index >= 15 is 0 Å². The lowest BCUT2D eigenvalue weighted by atomic mass is 10.3. The average Bonchev–Trinajstić information content (AvgIpc) is 2.35. The first-order valence-corrected chi connectivity index (χ1v) is 7.21. The van der Waals surface area contributed by atoms with Gasteiger partial charge in [-0.25, -0.2) is 0 Å². The Bertz CT molecular complexity index is 529. The predicted molar refractivity (Wildman–Crippen MR) is 70.8 cm³/mol. The third kappa shape index (κ3) is 3.05. The summed E-state index contributed by atoms with van der Waals surface area (Å²) in [6.45, 7) is 1.45. The Morgan fingerprint density at radius 2 is 2.00 bits per heavy atom. The summed E-state index contributed by atoms with van der Waals surface area (Å²) in [5.41, 5.74) is 6.32. The number of halogens is 1. The van der Waals surface area contributed by atoms with Gasteiger partial charge in [0.05, 0.1) is 23.9 Å². The van der Waals surface area contributed by atoms with Crippen LogP contribution in [-0.4, -0.2) is 39.0 Å². The largest absolute Gasteiger partial charge is 0.399 e. The number of benzene rings is 1. The molecule has 0 atom stereocenters. The minimum absolute atomic E-state index is 0.281. The molecule has 0 radical (unpaired) electrons. The molecule has 6 nitrogen and oxygen atoms in total. The number of rotatable bonds is 3. The first kappa shape index (κ1) is 13.4. The molecule has 1 aromatic rings. The fraction of sp³-hybridized carbons (Fsp3) is 0.400. The molecule has 100 valence electrons. The summed E-state index contributed by atoms with van der Waals surface area (Å²) in [7, 11) is -3.61. The van der Waals surface area contributed by atoms with Gasteiger partial charge in [0.2, 0.25) is 0 Å². The molecule has 0 aliphatic carbocycles. The van der Waals surface area contributed by atoms with Gasteiger partial charge in [-0.3, -0.25) is 4.72 Å². The molecule has 0 amide bonds. The molecule has 18 heavy (non-hydrogen) atoms. The van der Waals surface area contributed by atoms with Crippen LogP contribution in [0.25, 0.3) is 0 Å². The second-order valence-corrected chi connectivity index (χ2v) is 5.94. The topological polar surface area (TPSA) is 84.7 Å². The molecule has 1 heterocycles. The lowest BCUT2D eigenvalue weighted by molar-refractivity contribution is 0.0733. The molecule has 1 aromatic carbocycles. The number of hydrogen-bond donors (Lipinski definition) is 2. The van der Waals surface area contributed by atoms with Crippen molar-refractivity contribution in [1.29, 1.82) is 0 Å². The summed E-state index contributed by atoms with van der Waals surface area (Å²) in [6.07, 6.45) is 0. The van der Waals surface area contributed by atoms with E-state index in [0.29, 0.717) is 37.0 Å². The normalized spacial score (nSPS) is 17.6. The Hall–Kier alpha value is -1.02. The van der Waals surface area contributed by atoms with Crippen molar-refractivity contribution in [3.05, 3.63) is 23.2 Å². The van der Waals surface area contributed by atoms with Crippen molar-refractivity contribution in [1.82, 2.24) is 4.31 Å². The van der Waals surface area contributed by atoms with Crippen LogP contribution in [0.15, 0.2) is 18.2 Å². The Labute approximate surface area is 111 Å².